The van der Waals surface area contributed by atoms with Crippen LogP contribution in [0.4, 0.5) is 0 Å². The normalized spacial score (nSPS) is 20.9. The van der Waals surface area contributed by atoms with Crippen molar-refractivity contribution in [3.8, 4) is 0 Å². The number of hydrogen-bond donors (Lipinski definition) is 1. The highest BCUT2D eigenvalue weighted by Gasteiger charge is 2.36. The topological polar surface area (TPSA) is 52.7 Å². The molecule has 1 heterocycles. The summed E-state index contributed by atoms with van der Waals surface area (Å²) in [6.45, 7) is 13.6. The van der Waals surface area contributed by atoms with Crippen LogP contribution < -0.4 is 5.32 Å². The lowest BCUT2D eigenvalue weighted by atomic mass is 9.88. The van der Waals surface area contributed by atoms with E-state index in [1.807, 2.05) is 6.92 Å². The second-order valence-corrected chi connectivity index (χ2v) is 9.20. The highest BCUT2D eigenvalue weighted by molar-refractivity contribution is 7.86. The minimum absolute atomic E-state index is 0.0259. The van der Waals surface area contributed by atoms with E-state index in [-0.39, 0.29) is 11.5 Å². The van der Waals surface area contributed by atoms with Gasteiger partial charge in [-0.3, -0.25) is 0 Å². The Kier molecular flexibility index (Phi) is 6.65. The van der Waals surface area contributed by atoms with Gasteiger partial charge in [0.2, 0.25) is 0 Å². The quantitative estimate of drug-likeness (QED) is 0.814. The smallest absolute Gasteiger partial charge is 0.281 e. The van der Waals surface area contributed by atoms with Gasteiger partial charge in [-0.2, -0.15) is 17.0 Å². The molecule has 0 aromatic heterocycles. The summed E-state index contributed by atoms with van der Waals surface area (Å²) in [6.07, 6.45) is 1.90. The van der Waals surface area contributed by atoms with E-state index in [1.54, 1.807) is 11.4 Å². The Morgan fingerprint density at radius 1 is 1.29 bits per heavy atom. The fourth-order valence-electron chi connectivity index (χ4n) is 2.62. The fourth-order valence-corrected chi connectivity index (χ4v) is 4.37. The third kappa shape index (κ3) is 4.91. The third-order valence-corrected chi connectivity index (χ3v) is 6.81. The van der Waals surface area contributed by atoms with Gasteiger partial charge in [-0.15, -0.1) is 0 Å². The minimum Gasteiger partial charge on any atom is -0.317 e. The molecule has 0 amide bonds. The maximum Gasteiger partial charge on any atom is 0.281 e. The van der Waals surface area contributed by atoms with Crippen LogP contribution >= 0.6 is 0 Å². The lowest BCUT2D eigenvalue weighted by Gasteiger charge is -2.39. The van der Waals surface area contributed by atoms with Crippen LogP contribution in [0.3, 0.4) is 0 Å². The number of piperidine rings is 1. The molecule has 5 nitrogen and oxygen atoms in total. The van der Waals surface area contributed by atoms with Gasteiger partial charge in [0.15, 0.2) is 0 Å². The van der Waals surface area contributed by atoms with E-state index in [1.165, 1.54) is 4.31 Å². The Morgan fingerprint density at radius 2 is 1.81 bits per heavy atom. The van der Waals surface area contributed by atoms with Gasteiger partial charge in [-0.25, -0.2) is 0 Å². The second kappa shape index (κ2) is 7.40. The molecule has 1 N–H and O–H groups in total. The van der Waals surface area contributed by atoms with Crippen molar-refractivity contribution in [2.75, 3.05) is 33.2 Å². The predicted molar refractivity (Wildman–Crippen MR) is 88.4 cm³/mol. The van der Waals surface area contributed by atoms with Crippen molar-refractivity contribution >= 4 is 10.2 Å². The maximum absolute atomic E-state index is 12.7. The summed E-state index contributed by atoms with van der Waals surface area (Å²) in [5, 5.41) is 3.35. The van der Waals surface area contributed by atoms with Crippen LogP contribution in [0.1, 0.15) is 47.5 Å². The van der Waals surface area contributed by atoms with Crippen LogP contribution in [0.15, 0.2) is 0 Å². The Balaban J connectivity index is 2.65. The van der Waals surface area contributed by atoms with Crippen molar-refractivity contribution in [2.45, 2.75) is 53.5 Å². The summed E-state index contributed by atoms with van der Waals surface area (Å²) in [4.78, 5) is 0. The van der Waals surface area contributed by atoms with Gasteiger partial charge in [0.05, 0.1) is 0 Å². The first-order valence-electron chi connectivity index (χ1n) is 8.04. The summed E-state index contributed by atoms with van der Waals surface area (Å²) in [7, 11) is -1.64. The number of rotatable bonds is 6. The van der Waals surface area contributed by atoms with E-state index in [4.69, 9.17) is 0 Å². The van der Waals surface area contributed by atoms with Gasteiger partial charge in [-0.1, -0.05) is 27.7 Å². The van der Waals surface area contributed by atoms with Gasteiger partial charge in [-0.05, 0) is 44.2 Å². The molecule has 6 heteroatoms. The summed E-state index contributed by atoms with van der Waals surface area (Å²) in [5.41, 5.74) is -0.0643. The minimum atomic E-state index is -3.34. The van der Waals surface area contributed by atoms with Crippen LogP contribution in [-0.2, 0) is 10.2 Å². The molecule has 1 rings (SSSR count). The molecule has 0 aromatic carbocycles. The summed E-state index contributed by atoms with van der Waals surface area (Å²) in [6, 6.07) is -0.0259. The molecule has 1 atom stereocenters. The summed E-state index contributed by atoms with van der Waals surface area (Å²) < 4.78 is 28.7. The molecule has 0 bridgehead atoms. The Labute approximate surface area is 131 Å². The zero-order chi connectivity index (χ0) is 16.3. The highest BCUT2D eigenvalue weighted by atomic mass is 32.2. The van der Waals surface area contributed by atoms with Gasteiger partial charge in [0.25, 0.3) is 10.2 Å². The predicted octanol–water partition coefficient (Wildman–Crippen LogP) is 1.92. The van der Waals surface area contributed by atoms with E-state index in [9.17, 15) is 8.42 Å². The van der Waals surface area contributed by atoms with Crippen molar-refractivity contribution < 1.29 is 8.42 Å². The van der Waals surface area contributed by atoms with Crippen molar-refractivity contribution in [1.82, 2.24) is 13.9 Å². The van der Waals surface area contributed by atoms with Crippen molar-refractivity contribution in [1.29, 1.82) is 0 Å². The first kappa shape index (κ1) is 18.9. The molecule has 1 aliphatic heterocycles. The van der Waals surface area contributed by atoms with E-state index < -0.39 is 10.2 Å². The van der Waals surface area contributed by atoms with E-state index in [0.717, 1.165) is 25.9 Å². The first-order valence-corrected chi connectivity index (χ1v) is 9.44. The van der Waals surface area contributed by atoms with Crippen LogP contribution in [0.25, 0.3) is 0 Å². The molecule has 0 spiro atoms. The monoisotopic (exact) mass is 319 g/mol. The van der Waals surface area contributed by atoms with Gasteiger partial charge >= 0.3 is 0 Å². The van der Waals surface area contributed by atoms with Gasteiger partial charge in [0.1, 0.15) is 0 Å². The van der Waals surface area contributed by atoms with Gasteiger partial charge < -0.3 is 5.32 Å². The van der Waals surface area contributed by atoms with Crippen molar-refractivity contribution in [2.24, 2.45) is 11.3 Å². The molecule has 1 aliphatic rings. The lowest BCUT2D eigenvalue weighted by molar-refractivity contribution is 0.193. The SMILES string of the molecule is CCNCC1CCN(S(=O)(=O)N(C)C(C)C(C)(C)C)CC1. The molecule has 0 radical (unpaired) electrons. The zero-order valence-electron chi connectivity index (χ0n) is 14.5. The van der Waals surface area contributed by atoms with E-state index in [0.29, 0.717) is 19.0 Å². The fraction of sp³-hybridized carbons (Fsp3) is 1.00. The Morgan fingerprint density at radius 3 is 2.24 bits per heavy atom. The van der Waals surface area contributed by atoms with Crippen LogP contribution in [0.2, 0.25) is 0 Å². The molecule has 1 saturated heterocycles. The molecular weight excluding hydrogens is 286 g/mol. The molecule has 21 heavy (non-hydrogen) atoms. The van der Waals surface area contributed by atoms with Crippen LogP contribution in [0.5, 0.6) is 0 Å². The highest BCUT2D eigenvalue weighted by Crippen LogP contribution is 2.27. The summed E-state index contributed by atoms with van der Waals surface area (Å²) >= 11 is 0. The molecule has 0 aliphatic carbocycles. The molecule has 0 aromatic rings. The molecule has 1 unspecified atom stereocenters. The van der Waals surface area contributed by atoms with Crippen LogP contribution in [-0.4, -0.2) is 56.3 Å². The van der Waals surface area contributed by atoms with Crippen LogP contribution in [0, 0.1) is 11.3 Å². The molecule has 1 fully saturated rings. The average Bonchev–Trinajstić information content (AvgIpc) is 2.42. The zero-order valence-corrected chi connectivity index (χ0v) is 15.3. The lowest BCUT2D eigenvalue weighted by Crippen LogP contribution is -2.51. The first-order chi connectivity index (χ1) is 9.60. The number of nitrogens with one attached hydrogen (secondary N) is 1. The molecular formula is C15H33N3O2S. The number of nitrogens with zero attached hydrogens (tertiary/aromatic N) is 2. The van der Waals surface area contributed by atoms with Crippen molar-refractivity contribution in [3.05, 3.63) is 0 Å². The second-order valence-electron chi connectivity index (χ2n) is 7.22. The Bertz CT molecular complexity index is 409. The maximum atomic E-state index is 12.7. The van der Waals surface area contributed by atoms with Crippen molar-refractivity contribution in [3.63, 3.8) is 0 Å². The largest absolute Gasteiger partial charge is 0.317 e. The number of hydrogen-bond acceptors (Lipinski definition) is 3. The summed E-state index contributed by atoms with van der Waals surface area (Å²) in [5.74, 6) is 0.599. The Hall–Kier alpha value is -0.170. The average molecular weight is 320 g/mol. The van der Waals surface area contributed by atoms with E-state index >= 15 is 0 Å². The molecule has 126 valence electrons. The van der Waals surface area contributed by atoms with E-state index in [2.05, 4.69) is 33.0 Å². The van der Waals surface area contributed by atoms with Gasteiger partial charge in [0, 0.05) is 26.2 Å². The standard InChI is InChI=1S/C15H33N3O2S/c1-7-16-12-14-8-10-18(11-9-14)21(19,20)17(6)13(2)15(3,4)5/h13-14,16H,7-12H2,1-6H3. The molecule has 0 saturated carbocycles. The third-order valence-electron chi connectivity index (χ3n) is 4.75.